The van der Waals surface area contributed by atoms with Crippen molar-refractivity contribution in [2.75, 3.05) is 55.7 Å². The van der Waals surface area contributed by atoms with Gasteiger partial charge in [0.2, 0.25) is 5.13 Å². The second kappa shape index (κ2) is 8.55. The highest BCUT2D eigenvalue weighted by Gasteiger charge is 2.32. The van der Waals surface area contributed by atoms with Crippen LogP contribution in [0.4, 0.5) is 5.13 Å². The Morgan fingerprint density at radius 1 is 1.32 bits per heavy atom. The Hall–Kier alpha value is -1.06. The number of aliphatic imine (C=N–C) groups is 1. The van der Waals surface area contributed by atoms with Gasteiger partial charge in [-0.25, -0.2) is 4.98 Å². The van der Waals surface area contributed by atoms with E-state index in [-0.39, 0.29) is 0 Å². The number of aromatic nitrogens is 2. The average molecular weight is 385 g/mol. The predicted molar refractivity (Wildman–Crippen MR) is 106 cm³/mol. The van der Waals surface area contributed by atoms with Crippen LogP contribution < -0.4 is 10.2 Å². The molecule has 2 aliphatic rings. The number of hydrogen-bond donors (Lipinski definition) is 2. The second-order valence-electron chi connectivity index (χ2n) is 6.52. The SMILES string of the molecule is CCNC(=NCC1(O)CCSC1)N1CCN(c2nc(CC)ns2)CC1. The third-order valence-electron chi connectivity index (χ3n) is 4.56. The van der Waals surface area contributed by atoms with Gasteiger partial charge in [-0.2, -0.15) is 16.1 Å². The molecule has 3 rings (SSSR count). The smallest absolute Gasteiger partial charge is 0.205 e. The van der Waals surface area contributed by atoms with Gasteiger partial charge in [-0.05, 0) is 19.1 Å². The number of nitrogens with zero attached hydrogens (tertiary/aromatic N) is 5. The number of guanidine groups is 1. The number of thioether (sulfide) groups is 1. The molecule has 0 bridgehead atoms. The maximum absolute atomic E-state index is 10.5. The second-order valence-corrected chi connectivity index (χ2v) is 8.35. The van der Waals surface area contributed by atoms with Gasteiger partial charge in [0.25, 0.3) is 0 Å². The third kappa shape index (κ3) is 4.77. The summed E-state index contributed by atoms with van der Waals surface area (Å²) in [5.41, 5.74) is -0.629. The van der Waals surface area contributed by atoms with Crippen LogP contribution in [0.25, 0.3) is 0 Å². The van der Waals surface area contributed by atoms with E-state index in [4.69, 9.17) is 4.99 Å². The van der Waals surface area contributed by atoms with E-state index in [1.807, 2.05) is 11.8 Å². The highest BCUT2D eigenvalue weighted by molar-refractivity contribution is 7.99. The molecular formula is C16H28N6OS2. The van der Waals surface area contributed by atoms with Crippen molar-refractivity contribution in [1.82, 2.24) is 19.6 Å². The summed E-state index contributed by atoms with van der Waals surface area (Å²) in [6, 6.07) is 0. The molecular weight excluding hydrogens is 356 g/mol. The van der Waals surface area contributed by atoms with Crippen molar-refractivity contribution in [3.05, 3.63) is 5.82 Å². The molecule has 2 aliphatic heterocycles. The molecule has 1 atom stereocenters. The zero-order valence-electron chi connectivity index (χ0n) is 15.1. The fraction of sp³-hybridized carbons (Fsp3) is 0.812. The van der Waals surface area contributed by atoms with Crippen LogP contribution in [-0.2, 0) is 6.42 Å². The van der Waals surface area contributed by atoms with Crippen LogP contribution in [0.5, 0.6) is 0 Å². The number of aryl methyl sites for hydroxylation is 1. The Morgan fingerprint density at radius 3 is 2.72 bits per heavy atom. The van der Waals surface area contributed by atoms with Gasteiger partial charge in [-0.3, -0.25) is 4.99 Å². The van der Waals surface area contributed by atoms with Gasteiger partial charge in [0.1, 0.15) is 5.82 Å². The maximum atomic E-state index is 10.5. The number of piperazine rings is 1. The first-order valence-electron chi connectivity index (χ1n) is 9.04. The Kier molecular flexibility index (Phi) is 6.40. The van der Waals surface area contributed by atoms with E-state index >= 15 is 0 Å². The highest BCUT2D eigenvalue weighted by Crippen LogP contribution is 2.28. The fourth-order valence-electron chi connectivity index (χ4n) is 3.00. The van der Waals surface area contributed by atoms with Crippen molar-refractivity contribution in [3.8, 4) is 0 Å². The van der Waals surface area contributed by atoms with Crippen molar-refractivity contribution in [1.29, 1.82) is 0 Å². The van der Waals surface area contributed by atoms with Crippen LogP contribution in [0.2, 0.25) is 0 Å². The largest absolute Gasteiger partial charge is 0.387 e. The lowest BCUT2D eigenvalue weighted by Crippen LogP contribution is -2.53. The first-order valence-corrected chi connectivity index (χ1v) is 11.0. The molecule has 0 radical (unpaired) electrons. The van der Waals surface area contributed by atoms with Crippen molar-refractivity contribution in [3.63, 3.8) is 0 Å². The summed E-state index contributed by atoms with van der Waals surface area (Å²) >= 11 is 3.30. The van der Waals surface area contributed by atoms with E-state index in [0.717, 1.165) is 74.0 Å². The number of rotatable bonds is 5. The molecule has 0 aliphatic carbocycles. The molecule has 25 heavy (non-hydrogen) atoms. The standard InChI is InChI=1S/C16H28N6OS2/c1-3-13-19-15(25-20-13)22-8-6-21(7-9-22)14(17-4-2)18-11-16(23)5-10-24-12-16/h23H,3-12H2,1-2H3,(H,17,18). The van der Waals surface area contributed by atoms with E-state index in [0.29, 0.717) is 6.54 Å². The lowest BCUT2D eigenvalue weighted by Gasteiger charge is -2.36. The summed E-state index contributed by atoms with van der Waals surface area (Å²) in [7, 11) is 0. The number of aliphatic hydroxyl groups is 1. The molecule has 0 saturated carbocycles. The van der Waals surface area contributed by atoms with Gasteiger partial charge in [-0.15, -0.1) is 0 Å². The van der Waals surface area contributed by atoms with Crippen molar-refractivity contribution in [2.45, 2.75) is 32.3 Å². The molecule has 2 saturated heterocycles. The Bertz CT molecular complexity index is 579. The zero-order chi connectivity index (χ0) is 17.7. The Labute approximate surface area is 158 Å². The molecule has 9 heteroatoms. The Balaban J connectivity index is 1.58. The van der Waals surface area contributed by atoms with E-state index in [1.54, 1.807) is 0 Å². The molecule has 1 aromatic rings. The monoisotopic (exact) mass is 384 g/mol. The molecule has 0 aromatic carbocycles. The summed E-state index contributed by atoms with van der Waals surface area (Å²) in [4.78, 5) is 13.9. The minimum Gasteiger partial charge on any atom is -0.387 e. The van der Waals surface area contributed by atoms with Crippen LogP contribution in [0.3, 0.4) is 0 Å². The summed E-state index contributed by atoms with van der Waals surface area (Å²) in [5.74, 6) is 3.67. The van der Waals surface area contributed by atoms with Gasteiger partial charge in [0, 0.05) is 56.4 Å². The lowest BCUT2D eigenvalue weighted by molar-refractivity contribution is 0.0775. The van der Waals surface area contributed by atoms with Gasteiger partial charge < -0.3 is 20.2 Å². The van der Waals surface area contributed by atoms with Crippen molar-refractivity contribution >= 4 is 34.4 Å². The quantitative estimate of drug-likeness (QED) is 0.580. The van der Waals surface area contributed by atoms with Crippen LogP contribution >= 0.6 is 23.3 Å². The number of nitrogens with one attached hydrogen (secondary N) is 1. The first kappa shape index (κ1) is 18.7. The average Bonchev–Trinajstić information content (AvgIpc) is 3.28. The molecule has 2 fully saturated rings. The summed E-state index contributed by atoms with van der Waals surface area (Å²) in [5, 5.41) is 14.9. The van der Waals surface area contributed by atoms with E-state index in [2.05, 4.69) is 38.3 Å². The fourth-order valence-corrected chi connectivity index (χ4v) is 5.08. The zero-order valence-corrected chi connectivity index (χ0v) is 16.7. The lowest BCUT2D eigenvalue weighted by atomic mass is 10.0. The third-order valence-corrected chi connectivity index (χ3v) is 6.61. The van der Waals surface area contributed by atoms with Crippen LogP contribution in [-0.4, -0.2) is 81.7 Å². The van der Waals surface area contributed by atoms with Gasteiger partial charge in [0.15, 0.2) is 5.96 Å². The predicted octanol–water partition coefficient (Wildman–Crippen LogP) is 1.06. The molecule has 140 valence electrons. The summed E-state index contributed by atoms with van der Waals surface area (Å²) in [6.07, 6.45) is 1.72. The molecule has 0 spiro atoms. The molecule has 1 unspecified atom stereocenters. The normalized spacial score (nSPS) is 24.8. The molecule has 3 heterocycles. The van der Waals surface area contributed by atoms with Crippen LogP contribution in [0.1, 0.15) is 26.1 Å². The topological polar surface area (TPSA) is 76.9 Å². The maximum Gasteiger partial charge on any atom is 0.205 e. The first-order chi connectivity index (χ1) is 12.1. The summed E-state index contributed by atoms with van der Waals surface area (Å²) < 4.78 is 4.38. The minimum absolute atomic E-state index is 0.485. The van der Waals surface area contributed by atoms with E-state index in [1.165, 1.54) is 11.5 Å². The molecule has 2 N–H and O–H groups in total. The molecule has 7 nitrogen and oxygen atoms in total. The van der Waals surface area contributed by atoms with Gasteiger partial charge in [-0.1, -0.05) is 6.92 Å². The Morgan fingerprint density at radius 2 is 2.12 bits per heavy atom. The summed E-state index contributed by atoms with van der Waals surface area (Å²) in [6.45, 7) is 9.13. The number of anilines is 1. The van der Waals surface area contributed by atoms with E-state index in [9.17, 15) is 5.11 Å². The van der Waals surface area contributed by atoms with Crippen molar-refractivity contribution in [2.24, 2.45) is 4.99 Å². The van der Waals surface area contributed by atoms with Crippen LogP contribution in [0, 0.1) is 0 Å². The molecule has 1 aromatic heterocycles. The van der Waals surface area contributed by atoms with Crippen molar-refractivity contribution < 1.29 is 5.11 Å². The van der Waals surface area contributed by atoms with Gasteiger partial charge >= 0.3 is 0 Å². The minimum atomic E-state index is -0.629. The number of hydrogen-bond acceptors (Lipinski definition) is 7. The molecule has 0 amide bonds. The van der Waals surface area contributed by atoms with E-state index < -0.39 is 5.60 Å². The van der Waals surface area contributed by atoms with Gasteiger partial charge in [0.05, 0.1) is 12.1 Å². The highest BCUT2D eigenvalue weighted by atomic mass is 32.2. The van der Waals surface area contributed by atoms with Crippen LogP contribution in [0.15, 0.2) is 4.99 Å².